The number of nitrogens with two attached hydrogens (primary N) is 1. The van der Waals surface area contributed by atoms with E-state index in [0.29, 0.717) is 12.1 Å². The van der Waals surface area contributed by atoms with Crippen LogP contribution in [0.2, 0.25) is 0 Å². The highest BCUT2D eigenvalue weighted by Crippen LogP contribution is 2.44. The van der Waals surface area contributed by atoms with Crippen molar-refractivity contribution in [3.05, 3.63) is 27.8 Å². The molecule has 0 radical (unpaired) electrons. The minimum absolute atomic E-state index is 0.00562. The lowest BCUT2D eigenvalue weighted by molar-refractivity contribution is -0.384. The first-order chi connectivity index (χ1) is 9.68. The van der Waals surface area contributed by atoms with Gasteiger partial charge in [0.15, 0.2) is 0 Å². The summed E-state index contributed by atoms with van der Waals surface area (Å²) in [4.78, 5) is 10.2. The van der Waals surface area contributed by atoms with Crippen molar-refractivity contribution < 1.29 is 13.3 Å². The first-order valence-corrected chi connectivity index (χ1v) is 7.92. The second-order valence-corrected chi connectivity index (χ2v) is 7.41. The summed E-state index contributed by atoms with van der Waals surface area (Å²) in [5.74, 6) is 5.22. The molecule has 1 saturated carbocycles. The van der Waals surface area contributed by atoms with E-state index in [9.17, 15) is 18.5 Å². The van der Waals surface area contributed by atoms with Gasteiger partial charge in [-0.3, -0.25) is 16.0 Å². The van der Waals surface area contributed by atoms with Gasteiger partial charge in [-0.25, -0.2) is 13.1 Å². The monoisotopic (exact) mass is 314 g/mol. The fraction of sp³-hybridized carbons (Fsp3) is 0.500. The molecule has 0 unspecified atom stereocenters. The van der Waals surface area contributed by atoms with E-state index in [2.05, 4.69) is 10.1 Å². The van der Waals surface area contributed by atoms with Crippen molar-refractivity contribution >= 4 is 21.4 Å². The number of rotatable bonds is 6. The van der Waals surface area contributed by atoms with E-state index < -0.39 is 14.9 Å². The minimum atomic E-state index is -3.79. The summed E-state index contributed by atoms with van der Waals surface area (Å²) in [5.41, 5.74) is 2.30. The van der Waals surface area contributed by atoms with E-state index in [-0.39, 0.29) is 21.7 Å². The topological polar surface area (TPSA) is 127 Å². The van der Waals surface area contributed by atoms with Crippen molar-refractivity contribution in [2.24, 2.45) is 11.3 Å². The van der Waals surface area contributed by atoms with Crippen LogP contribution in [0, 0.1) is 22.5 Å². The van der Waals surface area contributed by atoms with Gasteiger partial charge < -0.3 is 5.43 Å². The Hall–Kier alpha value is -1.71. The van der Waals surface area contributed by atoms with Crippen molar-refractivity contribution in [2.45, 2.75) is 31.6 Å². The number of nitrogens with one attached hydrogen (secondary N) is 2. The van der Waals surface area contributed by atoms with E-state index in [1.165, 1.54) is 6.07 Å². The molecule has 0 saturated heterocycles. The molecule has 1 aliphatic rings. The van der Waals surface area contributed by atoms with Gasteiger partial charge in [0, 0.05) is 12.6 Å². The minimum Gasteiger partial charge on any atom is -0.318 e. The smallest absolute Gasteiger partial charge is 0.295 e. The number of hydrogen-bond acceptors (Lipinski definition) is 6. The molecule has 0 spiro atoms. The van der Waals surface area contributed by atoms with Gasteiger partial charge in [0.05, 0.1) is 9.82 Å². The Morgan fingerprint density at radius 2 is 2.05 bits per heavy atom. The van der Waals surface area contributed by atoms with Gasteiger partial charge in [0.2, 0.25) is 10.0 Å². The van der Waals surface area contributed by atoms with Crippen molar-refractivity contribution in [3.63, 3.8) is 0 Å². The summed E-state index contributed by atoms with van der Waals surface area (Å²) < 4.78 is 27.2. The molecule has 0 heterocycles. The normalized spacial score (nSPS) is 16.5. The van der Waals surface area contributed by atoms with Gasteiger partial charge in [0.25, 0.3) is 5.69 Å². The third-order valence-corrected chi connectivity index (χ3v) is 5.27. The first-order valence-electron chi connectivity index (χ1n) is 6.44. The summed E-state index contributed by atoms with van der Waals surface area (Å²) in [6.07, 6.45) is 1.95. The second kappa shape index (κ2) is 5.24. The van der Waals surface area contributed by atoms with Crippen LogP contribution in [0.4, 0.5) is 11.4 Å². The second-order valence-electron chi connectivity index (χ2n) is 5.67. The van der Waals surface area contributed by atoms with E-state index in [4.69, 9.17) is 5.84 Å². The molecular formula is C12H18N4O4S. The molecule has 0 aromatic heterocycles. The molecule has 4 N–H and O–H groups in total. The number of nitrogens with zero attached hydrogens (tertiary/aromatic N) is 1. The van der Waals surface area contributed by atoms with Gasteiger partial charge in [-0.05, 0) is 36.8 Å². The van der Waals surface area contributed by atoms with Crippen LogP contribution in [0.25, 0.3) is 0 Å². The highest BCUT2D eigenvalue weighted by atomic mass is 32.2. The molecule has 1 fully saturated rings. The Labute approximate surface area is 122 Å². The van der Waals surface area contributed by atoms with Gasteiger partial charge >= 0.3 is 0 Å². The number of hydrazine groups is 1. The molecule has 0 aliphatic heterocycles. The Morgan fingerprint density at radius 1 is 1.43 bits per heavy atom. The van der Waals surface area contributed by atoms with Crippen molar-refractivity contribution in [2.75, 3.05) is 12.0 Å². The molecule has 0 bridgehead atoms. The maximum atomic E-state index is 12.3. The van der Waals surface area contributed by atoms with E-state index >= 15 is 0 Å². The molecule has 1 aromatic carbocycles. The fourth-order valence-electron chi connectivity index (χ4n) is 1.97. The van der Waals surface area contributed by atoms with Crippen molar-refractivity contribution in [1.82, 2.24) is 4.72 Å². The van der Waals surface area contributed by atoms with E-state index in [1.807, 2.05) is 6.92 Å². The SMILES string of the molecule is Cc1cc(NN)c([N+](=O)[O-])cc1S(=O)(=O)NCC1(C)CC1. The number of nitro benzene ring substituents is 1. The zero-order chi connectivity index (χ0) is 15.8. The molecule has 21 heavy (non-hydrogen) atoms. The summed E-state index contributed by atoms with van der Waals surface area (Å²) >= 11 is 0. The number of anilines is 1. The Kier molecular flexibility index (Phi) is 3.91. The molecule has 0 atom stereocenters. The predicted octanol–water partition coefficient (Wildman–Crippen LogP) is 1.27. The average Bonchev–Trinajstić information content (AvgIpc) is 3.14. The number of aryl methyl sites for hydroxylation is 1. The van der Waals surface area contributed by atoms with Gasteiger partial charge in [-0.1, -0.05) is 6.92 Å². The molecular weight excluding hydrogens is 296 g/mol. The Balaban J connectivity index is 2.37. The standard InChI is InChI=1S/C12H18N4O4S/c1-8-5-9(15-13)10(16(17)18)6-11(8)21(19,20)14-7-12(2)3-4-12/h5-6,14-15H,3-4,7,13H2,1-2H3. The lowest BCUT2D eigenvalue weighted by atomic mass is 10.2. The van der Waals surface area contributed by atoms with Crippen LogP contribution in [-0.2, 0) is 10.0 Å². The maximum Gasteiger partial charge on any atom is 0.295 e. The van der Waals surface area contributed by atoms with Gasteiger partial charge in [-0.2, -0.15) is 0 Å². The van der Waals surface area contributed by atoms with Crippen molar-refractivity contribution in [1.29, 1.82) is 0 Å². The van der Waals surface area contributed by atoms with Crippen LogP contribution < -0.4 is 16.0 Å². The summed E-state index contributed by atoms with van der Waals surface area (Å²) in [7, 11) is -3.79. The van der Waals surface area contributed by atoms with Crippen LogP contribution in [0.1, 0.15) is 25.3 Å². The Morgan fingerprint density at radius 3 is 2.52 bits per heavy atom. The van der Waals surface area contributed by atoms with E-state index in [0.717, 1.165) is 18.9 Å². The van der Waals surface area contributed by atoms with Gasteiger partial charge in [0.1, 0.15) is 5.69 Å². The lowest BCUT2D eigenvalue weighted by Crippen LogP contribution is -2.29. The lowest BCUT2D eigenvalue weighted by Gasteiger charge is -2.13. The largest absolute Gasteiger partial charge is 0.318 e. The van der Waals surface area contributed by atoms with E-state index in [1.54, 1.807) is 6.92 Å². The fourth-order valence-corrected chi connectivity index (χ4v) is 3.41. The van der Waals surface area contributed by atoms with Crippen molar-refractivity contribution in [3.8, 4) is 0 Å². The summed E-state index contributed by atoms with van der Waals surface area (Å²) in [5, 5.41) is 11.0. The molecule has 0 amide bonds. The Bertz CT molecular complexity index is 683. The molecule has 116 valence electrons. The van der Waals surface area contributed by atoms with Crippen LogP contribution in [0.5, 0.6) is 0 Å². The first kappa shape index (κ1) is 15.7. The van der Waals surface area contributed by atoms with Crippen LogP contribution in [0.3, 0.4) is 0 Å². The van der Waals surface area contributed by atoms with Crippen LogP contribution in [0.15, 0.2) is 17.0 Å². The number of nitro groups is 1. The maximum absolute atomic E-state index is 12.3. The molecule has 2 rings (SSSR count). The van der Waals surface area contributed by atoms with Crippen LogP contribution in [-0.4, -0.2) is 19.9 Å². The summed E-state index contributed by atoms with van der Waals surface area (Å²) in [6, 6.07) is 2.38. The average molecular weight is 314 g/mol. The van der Waals surface area contributed by atoms with Crippen LogP contribution >= 0.6 is 0 Å². The highest BCUT2D eigenvalue weighted by Gasteiger charge is 2.38. The third kappa shape index (κ3) is 3.31. The number of nitrogen functional groups attached to an aromatic ring is 1. The molecule has 1 aromatic rings. The summed E-state index contributed by atoms with van der Waals surface area (Å²) in [6.45, 7) is 3.89. The molecule has 8 nitrogen and oxygen atoms in total. The molecule has 1 aliphatic carbocycles. The number of sulfonamides is 1. The third-order valence-electron chi connectivity index (χ3n) is 3.73. The number of benzene rings is 1. The quantitative estimate of drug-likeness (QED) is 0.412. The predicted molar refractivity (Wildman–Crippen MR) is 78.2 cm³/mol. The number of hydrogen-bond donors (Lipinski definition) is 3. The zero-order valence-electron chi connectivity index (χ0n) is 11.8. The zero-order valence-corrected chi connectivity index (χ0v) is 12.7. The highest BCUT2D eigenvalue weighted by molar-refractivity contribution is 7.89. The van der Waals surface area contributed by atoms with Gasteiger partial charge in [-0.15, -0.1) is 0 Å². The molecule has 9 heteroatoms.